The number of hydrogen-bond donors (Lipinski definition) is 2. The molecule has 3 aliphatic heterocycles. The topological polar surface area (TPSA) is 99.5 Å². The molecule has 0 aromatic carbocycles. The number of hydrogen-bond acceptors (Lipinski definition) is 9. The van der Waals surface area contributed by atoms with E-state index in [1.165, 1.54) is 0 Å². The predicted molar refractivity (Wildman–Crippen MR) is 168 cm³/mol. The molecule has 11 heteroatoms. The molecule has 1 amide bonds. The van der Waals surface area contributed by atoms with Gasteiger partial charge in [0.15, 0.2) is 5.65 Å². The number of piperidine rings is 1. The molecule has 0 spiro atoms. The monoisotopic (exact) mass is 594 g/mol. The Morgan fingerprint density at radius 1 is 1.16 bits per heavy atom. The van der Waals surface area contributed by atoms with Gasteiger partial charge in [0.1, 0.15) is 18.0 Å². The van der Waals surface area contributed by atoms with E-state index in [9.17, 15) is 4.79 Å². The van der Waals surface area contributed by atoms with Gasteiger partial charge in [0.05, 0.1) is 6.20 Å². The van der Waals surface area contributed by atoms with Crippen LogP contribution < -0.4 is 15.4 Å². The van der Waals surface area contributed by atoms with E-state index in [-0.39, 0.29) is 18.3 Å². The van der Waals surface area contributed by atoms with Gasteiger partial charge in [-0.05, 0) is 70.5 Å². The first-order valence-electron chi connectivity index (χ1n) is 16.3. The molecular weight excluding hydrogens is 544 g/mol. The number of fused-ring (bicyclic) bond motifs is 2. The second kappa shape index (κ2) is 13.4. The van der Waals surface area contributed by atoms with Crippen LogP contribution in [-0.2, 0) is 4.74 Å². The summed E-state index contributed by atoms with van der Waals surface area (Å²) in [6.45, 7) is 11.5. The third-order valence-electron chi connectivity index (χ3n) is 9.50. The molecule has 4 atom stereocenters. The molecule has 4 fully saturated rings. The van der Waals surface area contributed by atoms with E-state index in [1.54, 1.807) is 0 Å². The Labute approximate surface area is 256 Å². The molecule has 236 valence electrons. The standard InChI is InChI=1S/C32H50N8O3/c1-22(2)28-18-34-40-29(16-30(36-31(28)40)42-26-8-7-10-33-17-26)35-25-14-23-19-39(20-24(23)15-25)32(41)43-27-9-13-38(21-27)12-6-5-11-37(3)4/h5-6,16,18,22-27,33,35H,7-15,17,19-21H2,1-4H3/b6-5+/t23?,24?,25?,26-,27?/m1/s1. The van der Waals surface area contributed by atoms with Gasteiger partial charge in [-0.25, -0.2) is 4.79 Å². The lowest BCUT2D eigenvalue weighted by Crippen LogP contribution is -2.37. The fourth-order valence-electron chi connectivity index (χ4n) is 7.18. The third kappa shape index (κ3) is 7.26. The van der Waals surface area contributed by atoms with Crippen molar-refractivity contribution in [2.45, 2.75) is 70.1 Å². The van der Waals surface area contributed by atoms with E-state index in [4.69, 9.17) is 19.6 Å². The first-order valence-corrected chi connectivity index (χ1v) is 16.3. The van der Waals surface area contributed by atoms with Gasteiger partial charge >= 0.3 is 6.09 Å². The minimum atomic E-state index is -0.137. The zero-order valence-corrected chi connectivity index (χ0v) is 26.4. The number of amides is 1. The van der Waals surface area contributed by atoms with E-state index >= 15 is 0 Å². The number of anilines is 1. The van der Waals surface area contributed by atoms with Gasteiger partial charge in [-0.15, -0.1) is 0 Å². The fourth-order valence-corrected chi connectivity index (χ4v) is 7.18. The molecule has 0 radical (unpaired) electrons. The molecule has 2 aromatic rings. The predicted octanol–water partition coefficient (Wildman–Crippen LogP) is 3.43. The second-order valence-electron chi connectivity index (χ2n) is 13.6. The van der Waals surface area contributed by atoms with E-state index in [2.05, 4.69) is 60.5 Å². The van der Waals surface area contributed by atoms with Gasteiger partial charge in [-0.3, -0.25) is 4.90 Å². The molecule has 43 heavy (non-hydrogen) atoms. The summed E-state index contributed by atoms with van der Waals surface area (Å²) < 4.78 is 14.3. The molecule has 3 unspecified atom stereocenters. The third-order valence-corrected chi connectivity index (χ3v) is 9.50. The zero-order valence-electron chi connectivity index (χ0n) is 26.4. The van der Waals surface area contributed by atoms with E-state index < -0.39 is 0 Å². The van der Waals surface area contributed by atoms with Crippen LogP contribution in [0.1, 0.15) is 57.4 Å². The number of ether oxygens (including phenoxy) is 2. The summed E-state index contributed by atoms with van der Waals surface area (Å²) in [7, 11) is 4.14. The zero-order chi connectivity index (χ0) is 29.9. The SMILES string of the molecule is CC(C)c1cnn2c(NC3CC4CN(C(=O)OC5CCN(C/C=C/CN(C)C)C5)CC4C3)cc(O[C@@H]3CCCNC3)nc12. The Morgan fingerprint density at radius 2 is 1.98 bits per heavy atom. The minimum Gasteiger partial charge on any atom is -0.473 e. The Hall–Kier alpha value is -2.89. The van der Waals surface area contributed by atoms with Gasteiger partial charge in [0, 0.05) is 63.5 Å². The van der Waals surface area contributed by atoms with Crippen LogP contribution in [-0.4, -0.2) is 120 Å². The molecule has 6 rings (SSSR count). The van der Waals surface area contributed by atoms with Gasteiger partial charge in [0.2, 0.25) is 5.88 Å². The van der Waals surface area contributed by atoms with Crippen LogP contribution in [0.25, 0.3) is 5.65 Å². The second-order valence-corrected chi connectivity index (χ2v) is 13.6. The Kier molecular flexibility index (Phi) is 9.39. The molecule has 1 saturated carbocycles. The summed E-state index contributed by atoms with van der Waals surface area (Å²) in [6, 6.07) is 2.33. The van der Waals surface area contributed by atoms with Crippen LogP contribution in [0, 0.1) is 11.8 Å². The highest BCUT2D eigenvalue weighted by Crippen LogP contribution is 2.40. The number of carbonyl (C=O) groups excluding carboxylic acids is 1. The molecule has 5 heterocycles. The lowest BCUT2D eigenvalue weighted by molar-refractivity contribution is 0.0702. The highest BCUT2D eigenvalue weighted by molar-refractivity contribution is 5.68. The maximum absolute atomic E-state index is 13.1. The fraction of sp³-hybridized carbons (Fsp3) is 0.719. The van der Waals surface area contributed by atoms with Crippen molar-refractivity contribution in [3.05, 3.63) is 30.0 Å². The highest BCUT2D eigenvalue weighted by Gasteiger charge is 2.43. The summed E-state index contributed by atoms with van der Waals surface area (Å²) in [4.78, 5) is 24.4. The highest BCUT2D eigenvalue weighted by atomic mass is 16.6. The molecule has 1 aliphatic carbocycles. The summed E-state index contributed by atoms with van der Waals surface area (Å²) in [5.74, 6) is 2.88. The molecule has 3 saturated heterocycles. The van der Waals surface area contributed by atoms with Gasteiger partial charge in [-0.2, -0.15) is 14.6 Å². The average molecular weight is 595 g/mol. The molecule has 11 nitrogen and oxygen atoms in total. The van der Waals surface area contributed by atoms with Crippen LogP contribution in [0.2, 0.25) is 0 Å². The number of nitrogens with zero attached hydrogens (tertiary/aromatic N) is 6. The van der Waals surface area contributed by atoms with Gasteiger partial charge < -0.3 is 29.9 Å². The van der Waals surface area contributed by atoms with Crippen molar-refractivity contribution < 1.29 is 14.3 Å². The molecule has 0 bridgehead atoms. The van der Waals surface area contributed by atoms with Crippen molar-refractivity contribution in [3.8, 4) is 5.88 Å². The van der Waals surface area contributed by atoms with Gasteiger partial charge in [0.25, 0.3) is 0 Å². The van der Waals surface area contributed by atoms with Crippen LogP contribution in [0.3, 0.4) is 0 Å². The number of rotatable bonds is 10. The quantitative estimate of drug-likeness (QED) is 0.401. The maximum Gasteiger partial charge on any atom is 0.410 e. The lowest BCUT2D eigenvalue weighted by Gasteiger charge is -2.24. The van der Waals surface area contributed by atoms with Crippen molar-refractivity contribution in [1.82, 2.24) is 34.6 Å². The van der Waals surface area contributed by atoms with E-state index in [1.807, 2.05) is 21.7 Å². The largest absolute Gasteiger partial charge is 0.473 e. The van der Waals surface area contributed by atoms with Crippen molar-refractivity contribution in [3.63, 3.8) is 0 Å². The molecule has 2 N–H and O–H groups in total. The summed E-state index contributed by atoms with van der Waals surface area (Å²) in [6.07, 6.45) is 11.4. The van der Waals surface area contributed by atoms with E-state index in [0.717, 1.165) is 101 Å². The molecule has 4 aliphatic rings. The normalized spacial score (nSPS) is 28.0. The summed E-state index contributed by atoms with van der Waals surface area (Å²) in [5.41, 5.74) is 1.99. The maximum atomic E-state index is 13.1. The van der Waals surface area contributed by atoms with Crippen LogP contribution in [0.15, 0.2) is 24.4 Å². The van der Waals surface area contributed by atoms with Crippen molar-refractivity contribution in [1.29, 1.82) is 0 Å². The average Bonchev–Trinajstić information content (AvgIpc) is 3.75. The number of nitrogens with one attached hydrogen (secondary N) is 2. The van der Waals surface area contributed by atoms with Crippen LogP contribution in [0.4, 0.5) is 10.6 Å². The van der Waals surface area contributed by atoms with Crippen LogP contribution in [0.5, 0.6) is 5.88 Å². The Morgan fingerprint density at radius 3 is 2.70 bits per heavy atom. The summed E-state index contributed by atoms with van der Waals surface area (Å²) >= 11 is 0. The summed E-state index contributed by atoms with van der Waals surface area (Å²) in [5, 5.41) is 11.9. The number of carbonyl (C=O) groups is 1. The van der Waals surface area contributed by atoms with Crippen molar-refractivity contribution in [2.24, 2.45) is 11.8 Å². The van der Waals surface area contributed by atoms with E-state index in [0.29, 0.717) is 29.7 Å². The first-order chi connectivity index (χ1) is 20.8. The number of likely N-dealkylation sites (N-methyl/N-ethyl adjacent to an activating group) is 1. The van der Waals surface area contributed by atoms with Crippen LogP contribution >= 0.6 is 0 Å². The number of aromatic nitrogens is 3. The van der Waals surface area contributed by atoms with Crippen molar-refractivity contribution in [2.75, 3.05) is 71.8 Å². The molecule has 2 aromatic heterocycles. The Bertz CT molecular complexity index is 1260. The minimum absolute atomic E-state index is 0.00990. The van der Waals surface area contributed by atoms with Crippen molar-refractivity contribution >= 4 is 17.6 Å². The van der Waals surface area contributed by atoms with Gasteiger partial charge in [-0.1, -0.05) is 26.0 Å². The number of likely N-dealkylation sites (tertiary alicyclic amines) is 2. The smallest absolute Gasteiger partial charge is 0.410 e. The Balaban J connectivity index is 1.03. The molecular formula is C32H50N8O3. The lowest BCUT2D eigenvalue weighted by atomic mass is 10.0. The first kappa shape index (κ1) is 30.1.